The van der Waals surface area contributed by atoms with Crippen LogP contribution in [0.25, 0.3) is 0 Å². The van der Waals surface area contributed by atoms with Gasteiger partial charge in [0.1, 0.15) is 0 Å². The number of carboxylic acid groups (broad SMARTS) is 1. The van der Waals surface area contributed by atoms with Gasteiger partial charge < -0.3 is 15.3 Å². The maximum absolute atomic E-state index is 11.8. The van der Waals surface area contributed by atoms with Crippen molar-refractivity contribution in [3.63, 3.8) is 0 Å². The van der Waals surface area contributed by atoms with Crippen molar-refractivity contribution >= 4 is 21.8 Å². The molecule has 1 aliphatic heterocycles. The molecular formula is C11H16N2O5S. The number of carboxylic acids is 1. The number of carbonyl (C=O) groups is 2. The van der Waals surface area contributed by atoms with Gasteiger partial charge >= 0.3 is 12.0 Å². The number of aliphatic carboxylic acids is 1. The Labute approximate surface area is 111 Å². The van der Waals surface area contributed by atoms with Crippen LogP contribution >= 0.6 is 0 Å². The van der Waals surface area contributed by atoms with Crippen LogP contribution in [-0.2, 0) is 14.6 Å². The number of hydrogen-bond donors (Lipinski definition) is 2. The molecule has 8 heteroatoms. The van der Waals surface area contributed by atoms with E-state index in [2.05, 4.69) is 17.2 Å². The predicted molar refractivity (Wildman–Crippen MR) is 68.2 cm³/mol. The molecule has 1 atom stereocenters. The molecule has 0 aliphatic carbocycles. The number of nitrogens with one attached hydrogen (secondary N) is 1. The predicted octanol–water partition coefficient (Wildman–Crippen LogP) is -0.707. The highest BCUT2D eigenvalue weighted by Crippen LogP contribution is 2.15. The van der Waals surface area contributed by atoms with Gasteiger partial charge in [0.25, 0.3) is 0 Å². The number of urea groups is 1. The van der Waals surface area contributed by atoms with Crippen LogP contribution in [0.5, 0.6) is 0 Å². The molecule has 0 saturated carbocycles. The lowest BCUT2D eigenvalue weighted by Crippen LogP contribution is -2.55. The van der Waals surface area contributed by atoms with Gasteiger partial charge in [-0.1, -0.05) is 5.92 Å². The second-order valence-corrected chi connectivity index (χ2v) is 6.37. The minimum Gasteiger partial charge on any atom is -0.481 e. The molecule has 1 unspecified atom stereocenters. The fourth-order valence-corrected chi connectivity index (χ4v) is 3.36. The maximum atomic E-state index is 11.8. The van der Waals surface area contributed by atoms with E-state index < -0.39 is 27.9 Å². The summed E-state index contributed by atoms with van der Waals surface area (Å²) in [6.45, 7) is 1.79. The lowest BCUT2D eigenvalue weighted by molar-refractivity contribution is -0.138. The highest BCUT2D eigenvalue weighted by atomic mass is 32.2. The first-order valence-corrected chi connectivity index (χ1v) is 7.54. The van der Waals surface area contributed by atoms with E-state index in [1.54, 1.807) is 6.92 Å². The third-order valence-electron chi connectivity index (χ3n) is 2.71. The molecule has 1 aliphatic rings. The Morgan fingerprint density at radius 3 is 2.74 bits per heavy atom. The fraction of sp³-hybridized carbons (Fsp3) is 0.636. The summed E-state index contributed by atoms with van der Waals surface area (Å²) in [4.78, 5) is 23.8. The molecule has 106 valence electrons. The normalized spacial score (nSPS) is 21.1. The van der Waals surface area contributed by atoms with Crippen molar-refractivity contribution in [1.29, 1.82) is 0 Å². The number of amides is 2. The van der Waals surface area contributed by atoms with E-state index in [9.17, 15) is 18.0 Å². The minimum absolute atomic E-state index is 0.00562. The zero-order valence-corrected chi connectivity index (χ0v) is 11.4. The third kappa shape index (κ3) is 4.79. The monoisotopic (exact) mass is 288 g/mol. The summed E-state index contributed by atoms with van der Waals surface area (Å²) in [7, 11) is -3.28. The van der Waals surface area contributed by atoms with Crippen LogP contribution in [-0.4, -0.2) is 61.1 Å². The Balaban J connectivity index is 2.74. The van der Waals surface area contributed by atoms with Gasteiger partial charge in [-0.15, -0.1) is 5.92 Å². The first kappa shape index (κ1) is 15.3. The Bertz CT molecular complexity index is 517. The van der Waals surface area contributed by atoms with Gasteiger partial charge in [0.15, 0.2) is 9.84 Å². The summed E-state index contributed by atoms with van der Waals surface area (Å²) in [6, 6.07) is -1.31. The number of carbonyl (C=O) groups excluding carboxylic acids is 1. The smallest absolute Gasteiger partial charge is 0.318 e. The van der Waals surface area contributed by atoms with Crippen molar-refractivity contribution in [3.8, 4) is 11.8 Å². The summed E-state index contributed by atoms with van der Waals surface area (Å²) >= 11 is 0. The molecule has 7 nitrogen and oxygen atoms in total. The summed E-state index contributed by atoms with van der Waals surface area (Å²) in [5.41, 5.74) is 0. The lowest BCUT2D eigenvalue weighted by Gasteiger charge is -2.34. The van der Waals surface area contributed by atoms with Gasteiger partial charge in [0.2, 0.25) is 0 Å². The zero-order chi connectivity index (χ0) is 14.5. The molecule has 1 heterocycles. The highest BCUT2D eigenvalue weighted by Gasteiger charge is 2.35. The summed E-state index contributed by atoms with van der Waals surface area (Å²) < 4.78 is 23.0. The molecule has 1 fully saturated rings. The molecule has 2 N–H and O–H groups in total. The van der Waals surface area contributed by atoms with E-state index in [0.29, 0.717) is 0 Å². The van der Waals surface area contributed by atoms with Crippen molar-refractivity contribution < 1.29 is 23.1 Å². The van der Waals surface area contributed by atoms with Crippen molar-refractivity contribution in [2.24, 2.45) is 0 Å². The van der Waals surface area contributed by atoms with Gasteiger partial charge in [-0.2, -0.15) is 0 Å². The van der Waals surface area contributed by atoms with Gasteiger partial charge in [0, 0.05) is 6.54 Å². The number of rotatable bonds is 3. The van der Waals surface area contributed by atoms with Gasteiger partial charge in [-0.05, 0) is 6.92 Å². The quantitative estimate of drug-likeness (QED) is 0.668. The van der Waals surface area contributed by atoms with E-state index in [4.69, 9.17) is 5.11 Å². The van der Waals surface area contributed by atoms with Crippen LogP contribution in [0.1, 0.15) is 13.3 Å². The van der Waals surface area contributed by atoms with E-state index in [0.717, 1.165) is 0 Å². The minimum atomic E-state index is -3.28. The molecule has 19 heavy (non-hydrogen) atoms. The standard InChI is InChI=1S/C11H16N2O5S/c1-2-3-4-12-11(16)13-5-6-19(17,18)8-9(13)7-10(14)15/h9H,4-8H2,1H3,(H,12,16)(H,14,15). The van der Waals surface area contributed by atoms with Crippen LogP contribution in [0, 0.1) is 11.8 Å². The number of hydrogen-bond acceptors (Lipinski definition) is 4. The van der Waals surface area contributed by atoms with E-state index >= 15 is 0 Å². The molecule has 2 amide bonds. The molecule has 1 rings (SSSR count). The Hall–Kier alpha value is -1.75. The van der Waals surface area contributed by atoms with Crippen LogP contribution in [0.2, 0.25) is 0 Å². The third-order valence-corrected chi connectivity index (χ3v) is 4.40. The van der Waals surface area contributed by atoms with Crippen LogP contribution < -0.4 is 5.32 Å². The van der Waals surface area contributed by atoms with Crippen molar-refractivity contribution in [1.82, 2.24) is 10.2 Å². The van der Waals surface area contributed by atoms with Gasteiger partial charge in [-0.25, -0.2) is 13.2 Å². The molecule has 0 bridgehead atoms. The van der Waals surface area contributed by atoms with E-state index in [1.807, 2.05) is 0 Å². The largest absolute Gasteiger partial charge is 0.481 e. The van der Waals surface area contributed by atoms with Crippen LogP contribution in [0.3, 0.4) is 0 Å². The Kier molecular flexibility index (Phi) is 5.18. The van der Waals surface area contributed by atoms with Gasteiger partial charge in [0.05, 0.1) is 30.5 Å². The molecule has 1 saturated heterocycles. The molecule has 0 radical (unpaired) electrons. The Morgan fingerprint density at radius 2 is 2.16 bits per heavy atom. The molecule has 0 aromatic rings. The zero-order valence-electron chi connectivity index (χ0n) is 10.5. The molecule has 0 aromatic heterocycles. The second kappa shape index (κ2) is 6.43. The first-order valence-electron chi connectivity index (χ1n) is 5.72. The van der Waals surface area contributed by atoms with Crippen molar-refractivity contribution in [2.75, 3.05) is 24.6 Å². The van der Waals surface area contributed by atoms with Crippen LogP contribution in [0.4, 0.5) is 4.79 Å². The molecular weight excluding hydrogens is 272 g/mol. The van der Waals surface area contributed by atoms with Crippen molar-refractivity contribution in [2.45, 2.75) is 19.4 Å². The average molecular weight is 288 g/mol. The first-order chi connectivity index (χ1) is 8.85. The highest BCUT2D eigenvalue weighted by molar-refractivity contribution is 7.91. The van der Waals surface area contributed by atoms with E-state index in [-0.39, 0.29) is 31.0 Å². The molecule has 0 spiro atoms. The second-order valence-electron chi connectivity index (χ2n) is 4.14. The average Bonchev–Trinajstić information content (AvgIpc) is 2.27. The topological polar surface area (TPSA) is 104 Å². The lowest BCUT2D eigenvalue weighted by atomic mass is 10.2. The van der Waals surface area contributed by atoms with Crippen LogP contribution in [0.15, 0.2) is 0 Å². The number of nitrogens with zero attached hydrogens (tertiary/aromatic N) is 1. The fourth-order valence-electron chi connectivity index (χ4n) is 1.83. The maximum Gasteiger partial charge on any atom is 0.318 e. The summed E-state index contributed by atoms with van der Waals surface area (Å²) in [5, 5.41) is 11.3. The molecule has 0 aromatic carbocycles. The summed E-state index contributed by atoms with van der Waals surface area (Å²) in [5.74, 6) is 3.67. The van der Waals surface area contributed by atoms with E-state index in [1.165, 1.54) is 4.90 Å². The summed E-state index contributed by atoms with van der Waals surface area (Å²) in [6.07, 6.45) is -0.383. The van der Waals surface area contributed by atoms with Crippen molar-refractivity contribution in [3.05, 3.63) is 0 Å². The Morgan fingerprint density at radius 1 is 1.47 bits per heavy atom. The van der Waals surface area contributed by atoms with Gasteiger partial charge in [-0.3, -0.25) is 4.79 Å². The SMILES string of the molecule is CC#CCNC(=O)N1CCS(=O)(=O)CC1CC(=O)O. The number of sulfone groups is 1.